The molecule has 0 fully saturated rings. The van der Waals surface area contributed by atoms with Crippen molar-refractivity contribution >= 4 is 5.96 Å². The topological polar surface area (TPSA) is 58.5 Å². The molecule has 0 amide bonds. The molecule has 3 rings (SSSR count). The van der Waals surface area contributed by atoms with Crippen molar-refractivity contribution in [1.82, 2.24) is 15.6 Å². The number of hydrogen-bond acceptors (Lipinski definition) is 3. The van der Waals surface area contributed by atoms with Crippen LogP contribution in [0.15, 0.2) is 47.6 Å². The molecule has 27 heavy (non-hydrogen) atoms. The van der Waals surface area contributed by atoms with E-state index >= 15 is 0 Å². The summed E-state index contributed by atoms with van der Waals surface area (Å²) in [5, 5.41) is 6.97. The summed E-state index contributed by atoms with van der Waals surface area (Å²) < 4.78 is 6.13. The van der Waals surface area contributed by atoms with Crippen molar-refractivity contribution < 1.29 is 4.74 Å². The molecule has 0 saturated carbocycles. The van der Waals surface area contributed by atoms with Gasteiger partial charge in [-0.2, -0.15) is 0 Å². The Morgan fingerprint density at radius 2 is 2.07 bits per heavy atom. The number of ether oxygens (including phenoxy) is 1. The van der Waals surface area contributed by atoms with Crippen LogP contribution in [0.2, 0.25) is 0 Å². The molecule has 1 atom stereocenters. The van der Waals surface area contributed by atoms with Crippen molar-refractivity contribution in [2.75, 3.05) is 13.1 Å². The van der Waals surface area contributed by atoms with Gasteiger partial charge < -0.3 is 15.4 Å². The second kappa shape index (κ2) is 8.42. The van der Waals surface area contributed by atoms with E-state index in [1.165, 1.54) is 11.1 Å². The number of benzene rings is 1. The van der Waals surface area contributed by atoms with Gasteiger partial charge in [0.1, 0.15) is 11.4 Å². The average Bonchev–Trinajstić information content (AvgIpc) is 2.62. The molecule has 0 radical (unpaired) electrons. The maximum Gasteiger partial charge on any atom is 0.191 e. The van der Waals surface area contributed by atoms with Crippen LogP contribution < -0.4 is 15.4 Å². The van der Waals surface area contributed by atoms with Crippen LogP contribution in [0.3, 0.4) is 0 Å². The second-order valence-corrected chi connectivity index (χ2v) is 7.62. The molecule has 1 aliphatic heterocycles. The summed E-state index contributed by atoms with van der Waals surface area (Å²) >= 11 is 0. The van der Waals surface area contributed by atoms with Gasteiger partial charge in [0.05, 0.1) is 6.04 Å². The van der Waals surface area contributed by atoms with Crippen LogP contribution in [0.5, 0.6) is 5.75 Å². The highest BCUT2D eigenvalue weighted by atomic mass is 16.5. The van der Waals surface area contributed by atoms with E-state index in [0.29, 0.717) is 6.54 Å². The summed E-state index contributed by atoms with van der Waals surface area (Å²) in [4.78, 5) is 9.13. The molecule has 0 bridgehead atoms. The number of nitrogens with zero attached hydrogens (tertiary/aromatic N) is 2. The lowest BCUT2D eigenvalue weighted by Crippen LogP contribution is -2.45. The van der Waals surface area contributed by atoms with E-state index < -0.39 is 0 Å². The predicted octanol–water partition coefficient (Wildman–Crippen LogP) is 3.79. The highest BCUT2D eigenvalue weighted by molar-refractivity contribution is 5.80. The van der Waals surface area contributed by atoms with Crippen molar-refractivity contribution in [3.63, 3.8) is 0 Å². The highest BCUT2D eigenvalue weighted by Gasteiger charge is 2.33. The van der Waals surface area contributed by atoms with Gasteiger partial charge >= 0.3 is 0 Å². The number of fused-ring (bicyclic) bond motifs is 1. The lowest BCUT2D eigenvalue weighted by atomic mass is 9.90. The van der Waals surface area contributed by atoms with Gasteiger partial charge in [-0.15, -0.1) is 0 Å². The maximum atomic E-state index is 6.13. The Labute approximate surface area is 162 Å². The van der Waals surface area contributed by atoms with Crippen LogP contribution in [-0.2, 0) is 6.42 Å². The zero-order valence-corrected chi connectivity index (χ0v) is 16.7. The second-order valence-electron chi connectivity index (χ2n) is 7.62. The molecule has 0 aliphatic carbocycles. The fourth-order valence-corrected chi connectivity index (χ4v) is 3.36. The van der Waals surface area contributed by atoms with Gasteiger partial charge in [0.2, 0.25) is 0 Å². The number of pyridine rings is 1. The molecular weight excluding hydrogens is 336 g/mol. The van der Waals surface area contributed by atoms with Gasteiger partial charge in [0.25, 0.3) is 0 Å². The summed E-state index contributed by atoms with van der Waals surface area (Å²) in [5.41, 5.74) is 3.22. The first kappa shape index (κ1) is 19.2. The lowest BCUT2D eigenvalue weighted by molar-refractivity contribution is 0.0694. The summed E-state index contributed by atoms with van der Waals surface area (Å²) in [5.74, 6) is 1.79. The standard InChI is InChI=1S/C22H30N4O/c1-5-23-21(24-13-12-17-11-10-16(2)25-15-17)26-19-14-22(3,4)27-20-9-7-6-8-18(19)20/h6-11,15,19H,5,12-14H2,1-4H3,(H2,23,24,26). The van der Waals surface area contributed by atoms with Crippen LogP contribution in [-0.4, -0.2) is 29.6 Å². The van der Waals surface area contributed by atoms with Crippen molar-refractivity contribution in [2.45, 2.75) is 52.2 Å². The van der Waals surface area contributed by atoms with Crippen LogP contribution in [0.25, 0.3) is 0 Å². The number of guanidine groups is 1. The molecule has 2 aromatic rings. The Balaban J connectivity index is 1.70. The normalized spacial score (nSPS) is 18.4. The van der Waals surface area contributed by atoms with E-state index in [2.05, 4.69) is 54.6 Å². The third kappa shape index (κ3) is 5.22. The van der Waals surface area contributed by atoms with E-state index in [0.717, 1.165) is 36.8 Å². The number of rotatable bonds is 5. The molecule has 1 unspecified atom stereocenters. The van der Waals surface area contributed by atoms with E-state index in [1.54, 1.807) is 0 Å². The molecule has 0 spiro atoms. The molecule has 5 heteroatoms. The Morgan fingerprint density at radius 3 is 2.81 bits per heavy atom. The first-order valence-corrected chi connectivity index (χ1v) is 9.71. The number of nitrogens with one attached hydrogen (secondary N) is 2. The molecule has 1 aromatic carbocycles. The Hall–Kier alpha value is -2.56. The molecule has 1 aromatic heterocycles. The molecular formula is C22H30N4O. The number of para-hydroxylation sites is 1. The van der Waals surface area contributed by atoms with Crippen molar-refractivity contribution in [2.24, 2.45) is 4.99 Å². The third-order valence-corrected chi connectivity index (χ3v) is 4.67. The van der Waals surface area contributed by atoms with Gasteiger partial charge in [-0.25, -0.2) is 0 Å². The molecule has 1 aliphatic rings. The zero-order valence-electron chi connectivity index (χ0n) is 16.7. The molecule has 2 heterocycles. The van der Waals surface area contributed by atoms with E-state index in [1.807, 2.05) is 31.3 Å². The molecule has 2 N–H and O–H groups in total. The Kier molecular flexibility index (Phi) is 5.99. The fourth-order valence-electron chi connectivity index (χ4n) is 3.36. The van der Waals surface area contributed by atoms with E-state index in [-0.39, 0.29) is 11.6 Å². The largest absolute Gasteiger partial charge is 0.487 e. The first-order valence-electron chi connectivity index (χ1n) is 9.71. The van der Waals surface area contributed by atoms with Gasteiger partial charge in [0.15, 0.2) is 5.96 Å². The monoisotopic (exact) mass is 366 g/mol. The minimum atomic E-state index is -0.211. The average molecular weight is 367 g/mol. The van der Waals surface area contributed by atoms with Crippen molar-refractivity contribution in [3.8, 4) is 5.75 Å². The predicted molar refractivity (Wildman–Crippen MR) is 110 cm³/mol. The lowest BCUT2D eigenvalue weighted by Gasteiger charge is -2.38. The summed E-state index contributed by atoms with van der Waals surface area (Å²) in [6.45, 7) is 9.89. The number of aromatic nitrogens is 1. The van der Waals surface area contributed by atoms with Crippen LogP contribution in [0.4, 0.5) is 0 Å². The maximum absolute atomic E-state index is 6.13. The summed E-state index contributed by atoms with van der Waals surface area (Å²) in [6, 6.07) is 12.6. The van der Waals surface area contributed by atoms with Gasteiger partial charge in [-0.3, -0.25) is 9.98 Å². The minimum absolute atomic E-state index is 0.170. The van der Waals surface area contributed by atoms with Crippen LogP contribution in [0.1, 0.15) is 50.1 Å². The highest BCUT2D eigenvalue weighted by Crippen LogP contribution is 2.39. The third-order valence-electron chi connectivity index (χ3n) is 4.67. The van der Waals surface area contributed by atoms with E-state index in [4.69, 9.17) is 9.73 Å². The molecule has 5 nitrogen and oxygen atoms in total. The number of aliphatic imine (C=N–C) groups is 1. The Morgan fingerprint density at radius 1 is 1.26 bits per heavy atom. The summed E-state index contributed by atoms with van der Waals surface area (Å²) in [7, 11) is 0. The molecule has 0 saturated heterocycles. The number of hydrogen-bond donors (Lipinski definition) is 2. The van der Waals surface area contributed by atoms with Crippen LogP contribution in [0, 0.1) is 6.92 Å². The Bertz CT molecular complexity index is 783. The SMILES string of the molecule is CCNC(=NCCc1ccc(C)nc1)NC1CC(C)(C)Oc2ccccc21. The minimum Gasteiger partial charge on any atom is -0.487 e. The van der Waals surface area contributed by atoms with Gasteiger partial charge in [0, 0.05) is 37.0 Å². The number of aryl methyl sites for hydroxylation is 1. The van der Waals surface area contributed by atoms with E-state index in [9.17, 15) is 0 Å². The smallest absolute Gasteiger partial charge is 0.191 e. The van der Waals surface area contributed by atoms with Gasteiger partial charge in [-0.05, 0) is 51.8 Å². The van der Waals surface area contributed by atoms with Gasteiger partial charge in [-0.1, -0.05) is 24.3 Å². The first-order chi connectivity index (χ1) is 13.0. The quantitative estimate of drug-likeness (QED) is 0.624. The fraction of sp³-hybridized carbons (Fsp3) is 0.455. The molecule has 144 valence electrons. The van der Waals surface area contributed by atoms with Crippen LogP contribution >= 0.6 is 0 Å². The van der Waals surface area contributed by atoms with Crippen molar-refractivity contribution in [3.05, 3.63) is 59.4 Å². The van der Waals surface area contributed by atoms with Crippen molar-refractivity contribution in [1.29, 1.82) is 0 Å². The summed E-state index contributed by atoms with van der Waals surface area (Å²) in [6.07, 6.45) is 3.69. The zero-order chi connectivity index (χ0) is 19.3.